The van der Waals surface area contributed by atoms with Gasteiger partial charge in [-0.1, -0.05) is 86.3 Å². The van der Waals surface area contributed by atoms with Gasteiger partial charge < -0.3 is 5.11 Å². The van der Waals surface area contributed by atoms with Gasteiger partial charge in [0.15, 0.2) is 5.78 Å². The number of phenolic OH excluding ortho intramolecular Hbond substituents is 1. The van der Waals surface area contributed by atoms with Crippen LogP contribution in [-0.2, 0) is 0 Å². The first kappa shape index (κ1) is 21.6. The van der Waals surface area contributed by atoms with Crippen molar-refractivity contribution >= 4 is 12.1 Å². The third-order valence-corrected chi connectivity index (χ3v) is 3.58. The van der Waals surface area contributed by atoms with Crippen molar-refractivity contribution in [2.75, 3.05) is 0 Å². The summed E-state index contributed by atoms with van der Waals surface area (Å²) in [7, 11) is 0. The van der Waals surface area contributed by atoms with Crippen LogP contribution >= 0.6 is 0 Å². The number of rotatable bonds is 4. The zero-order valence-electron chi connectivity index (χ0n) is 14.3. The van der Waals surface area contributed by atoms with Crippen LogP contribution < -0.4 is 0 Å². The first-order valence-electron chi connectivity index (χ1n) is 8.23. The molecule has 1 N–H and O–H groups in total. The van der Waals surface area contributed by atoms with Crippen molar-refractivity contribution in [3.8, 4) is 5.75 Å². The Hall–Kier alpha value is -3.46. The molecular weight excluding hydrogens is 336 g/mol. The van der Waals surface area contributed by atoms with E-state index in [1.165, 1.54) is 12.1 Å². The van der Waals surface area contributed by atoms with Gasteiger partial charge in [-0.15, -0.1) is 0 Å². The molecule has 2 aromatic rings. The Labute approximate surface area is 160 Å². The highest BCUT2D eigenvalue weighted by Crippen LogP contribution is 2.17. The van der Waals surface area contributed by atoms with Gasteiger partial charge in [-0.3, -0.25) is 9.59 Å². The average molecular weight is 360 g/mol. The van der Waals surface area contributed by atoms with E-state index in [0.717, 1.165) is 23.8 Å². The first-order valence-corrected chi connectivity index (χ1v) is 8.23. The van der Waals surface area contributed by atoms with Crippen LogP contribution in [-0.4, -0.2) is 17.2 Å². The molecule has 1 aliphatic rings. The summed E-state index contributed by atoms with van der Waals surface area (Å²) in [5.41, 5.74) is 2.12. The van der Waals surface area contributed by atoms with Gasteiger partial charge in [0.05, 0.1) is 5.56 Å². The normalized spacial score (nSPS) is 12.2. The molecule has 3 nitrogen and oxygen atoms in total. The molecule has 0 saturated heterocycles. The molecular formula is C24H24O3. The highest BCUT2D eigenvalue weighted by molar-refractivity contribution is 6.06. The Bertz CT molecular complexity index is 856. The van der Waals surface area contributed by atoms with Crippen LogP contribution in [0.4, 0.5) is 0 Å². The van der Waals surface area contributed by atoms with Crippen molar-refractivity contribution in [1.29, 1.82) is 0 Å². The lowest BCUT2D eigenvalue weighted by Crippen LogP contribution is -1.94. The minimum Gasteiger partial charge on any atom is -0.507 e. The number of aldehydes is 1. The van der Waals surface area contributed by atoms with E-state index in [1.807, 2.05) is 48.6 Å². The van der Waals surface area contributed by atoms with Crippen LogP contribution in [0, 0.1) is 0 Å². The predicted molar refractivity (Wildman–Crippen MR) is 111 cm³/mol. The molecule has 0 saturated carbocycles. The van der Waals surface area contributed by atoms with E-state index < -0.39 is 0 Å². The molecule has 1 aliphatic carbocycles. The standard InChI is InChI=1S/C16H14O2.C7H6O.CH4/c17-15-10-6-5-9-14(15)16(18)12-11-13-7-3-1-2-4-8-13;8-6-7-4-2-1-3-5-7;/h1-7,9-12,17H,8H2;1-6H;1H4/b12-11+;;. The molecule has 0 amide bonds. The van der Waals surface area contributed by atoms with Crippen molar-refractivity contribution < 1.29 is 14.7 Å². The predicted octanol–water partition coefficient (Wildman–Crippen LogP) is 5.71. The smallest absolute Gasteiger partial charge is 0.189 e. The molecule has 0 aliphatic heterocycles. The van der Waals surface area contributed by atoms with Crippen molar-refractivity contribution in [1.82, 2.24) is 0 Å². The number of carbonyl (C=O) groups is 2. The van der Waals surface area contributed by atoms with Crippen LogP contribution in [0.1, 0.15) is 34.6 Å². The summed E-state index contributed by atoms with van der Waals surface area (Å²) in [6.07, 6.45) is 14.8. The molecule has 0 aromatic heterocycles. The molecule has 3 rings (SSSR count). The monoisotopic (exact) mass is 360 g/mol. The number of ketones is 1. The van der Waals surface area contributed by atoms with Gasteiger partial charge >= 0.3 is 0 Å². The van der Waals surface area contributed by atoms with Crippen LogP contribution in [0.3, 0.4) is 0 Å². The molecule has 2 aromatic carbocycles. The highest BCUT2D eigenvalue weighted by atomic mass is 16.3. The fraction of sp³-hybridized carbons (Fsp3) is 0.0833. The molecule has 0 heterocycles. The summed E-state index contributed by atoms with van der Waals surface area (Å²) in [5, 5.41) is 9.57. The van der Waals surface area contributed by atoms with Gasteiger partial charge in [0, 0.05) is 5.56 Å². The summed E-state index contributed by atoms with van der Waals surface area (Å²) >= 11 is 0. The molecule has 3 heteroatoms. The van der Waals surface area contributed by atoms with E-state index in [-0.39, 0.29) is 19.0 Å². The maximum Gasteiger partial charge on any atom is 0.189 e. The van der Waals surface area contributed by atoms with Crippen LogP contribution in [0.2, 0.25) is 0 Å². The minimum atomic E-state index is -0.189. The Morgan fingerprint density at radius 2 is 1.63 bits per heavy atom. The summed E-state index contributed by atoms with van der Waals surface area (Å²) in [6.45, 7) is 0. The number of para-hydroxylation sites is 1. The first-order chi connectivity index (χ1) is 12.7. The molecule has 0 atom stereocenters. The Kier molecular flexibility index (Phi) is 9.58. The highest BCUT2D eigenvalue weighted by Gasteiger charge is 2.06. The van der Waals surface area contributed by atoms with E-state index in [0.29, 0.717) is 5.56 Å². The number of phenols is 1. The van der Waals surface area contributed by atoms with E-state index in [2.05, 4.69) is 0 Å². The molecule has 27 heavy (non-hydrogen) atoms. The van der Waals surface area contributed by atoms with Crippen molar-refractivity contribution in [2.24, 2.45) is 0 Å². The summed E-state index contributed by atoms with van der Waals surface area (Å²) in [4.78, 5) is 21.9. The Balaban J connectivity index is 0.000000342. The molecule has 0 spiro atoms. The number of hydrogen-bond donors (Lipinski definition) is 1. The van der Waals surface area contributed by atoms with E-state index in [4.69, 9.17) is 0 Å². The van der Waals surface area contributed by atoms with Crippen LogP contribution in [0.15, 0.2) is 103 Å². The lowest BCUT2D eigenvalue weighted by molar-refractivity contribution is 0.104. The minimum absolute atomic E-state index is 0. The van der Waals surface area contributed by atoms with Crippen molar-refractivity contribution in [2.45, 2.75) is 13.8 Å². The maximum absolute atomic E-state index is 11.9. The lowest BCUT2D eigenvalue weighted by atomic mass is 10.1. The largest absolute Gasteiger partial charge is 0.507 e. The third kappa shape index (κ3) is 7.53. The van der Waals surface area contributed by atoms with E-state index >= 15 is 0 Å². The topological polar surface area (TPSA) is 54.4 Å². The molecule has 0 unspecified atom stereocenters. The van der Waals surface area contributed by atoms with E-state index in [9.17, 15) is 14.7 Å². The van der Waals surface area contributed by atoms with Crippen molar-refractivity contribution in [3.05, 3.63) is 114 Å². The maximum atomic E-state index is 11.9. The van der Waals surface area contributed by atoms with Gasteiger partial charge in [0.2, 0.25) is 0 Å². The zero-order valence-corrected chi connectivity index (χ0v) is 14.3. The van der Waals surface area contributed by atoms with Crippen LogP contribution in [0.25, 0.3) is 0 Å². The SMILES string of the molecule is C.O=C(/C=C/C1=CC=CC=CC1)c1ccccc1O.O=Cc1ccccc1. The third-order valence-electron chi connectivity index (χ3n) is 3.58. The number of benzene rings is 2. The van der Waals surface area contributed by atoms with Gasteiger partial charge in [0.1, 0.15) is 12.0 Å². The average Bonchev–Trinajstić information content (AvgIpc) is 2.96. The Morgan fingerprint density at radius 3 is 2.30 bits per heavy atom. The second-order valence-corrected chi connectivity index (χ2v) is 5.50. The van der Waals surface area contributed by atoms with Gasteiger partial charge in [0.25, 0.3) is 0 Å². The summed E-state index contributed by atoms with van der Waals surface area (Å²) < 4.78 is 0. The fourth-order valence-electron chi connectivity index (χ4n) is 2.20. The molecule has 0 radical (unpaired) electrons. The Morgan fingerprint density at radius 1 is 0.926 bits per heavy atom. The zero-order chi connectivity index (χ0) is 18.6. The quantitative estimate of drug-likeness (QED) is 0.432. The summed E-state index contributed by atoms with van der Waals surface area (Å²) in [5.74, 6) is -0.173. The van der Waals surface area contributed by atoms with E-state index in [1.54, 1.807) is 36.4 Å². The second-order valence-electron chi connectivity index (χ2n) is 5.50. The van der Waals surface area contributed by atoms with Gasteiger partial charge in [-0.2, -0.15) is 0 Å². The van der Waals surface area contributed by atoms with Gasteiger partial charge in [-0.25, -0.2) is 0 Å². The number of carbonyl (C=O) groups excluding carboxylic acids is 2. The van der Waals surface area contributed by atoms with Crippen molar-refractivity contribution in [3.63, 3.8) is 0 Å². The number of aromatic hydroxyl groups is 1. The molecule has 0 bridgehead atoms. The fourth-order valence-corrected chi connectivity index (χ4v) is 2.20. The molecule has 0 fully saturated rings. The molecule has 138 valence electrons. The van der Waals surface area contributed by atoms with Crippen LogP contribution in [0.5, 0.6) is 5.75 Å². The second kappa shape index (κ2) is 12.0. The number of hydrogen-bond acceptors (Lipinski definition) is 3. The van der Waals surface area contributed by atoms with Gasteiger partial charge in [-0.05, 0) is 30.2 Å². The lowest BCUT2D eigenvalue weighted by Gasteiger charge is -1.99. The number of allylic oxidation sites excluding steroid dienone is 8. The summed E-state index contributed by atoms with van der Waals surface area (Å²) in [6, 6.07) is 15.7.